The van der Waals surface area contributed by atoms with Gasteiger partial charge < -0.3 is 15.4 Å². The lowest BCUT2D eigenvalue weighted by Crippen LogP contribution is -2.44. The van der Waals surface area contributed by atoms with Crippen LogP contribution < -0.4 is 10.6 Å². The Hall–Kier alpha value is -3.27. The quantitative estimate of drug-likeness (QED) is 0.438. The van der Waals surface area contributed by atoms with Gasteiger partial charge in [-0.15, -0.1) is 11.3 Å². The summed E-state index contributed by atoms with van der Waals surface area (Å²) in [6.45, 7) is 3.28. The number of imide groups is 1. The molecule has 10 heteroatoms. The highest BCUT2D eigenvalue weighted by Crippen LogP contribution is 2.34. The summed E-state index contributed by atoms with van der Waals surface area (Å²) in [5, 5.41) is 7.18. The Kier molecular flexibility index (Phi) is 7.24. The van der Waals surface area contributed by atoms with Gasteiger partial charge in [0.05, 0.1) is 12.2 Å². The van der Waals surface area contributed by atoms with E-state index in [0.717, 1.165) is 22.7 Å². The normalized spacial score (nSPS) is 17.9. The first-order valence-electron chi connectivity index (χ1n) is 10.3. The number of rotatable bonds is 9. The van der Waals surface area contributed by atoms with Crippen molar-refractivity contribution in [1.82, 2.24) is 10.2 Å². The monoisotopic (exact) mass is 461 g/mol. The molecule has 32 heavy (non-hydrogen) atoms. The van der Waals surface area contributed by atoms with Crippen LogP contribution in [0.25, 0.3) is 0 Å². The standard InChI is InChI=1S/C22H24FN3O5S/c1-3-5-11-22(14-6-8-15(23)9-7-14)20(29)26(21(30)25-22)13-17(27)24-18-16(10-12-32-18)19(28)31-4-2/h6-10,12H,3-5,11,13H2,1-2H3,(H,24,27)(H,25,30). The fraction of sp³-hybridized carbons (Fsp3) is 0.364. The average molecular weight is 462 g/mol. The van der Waals surface area contributed by atoms with Crippen LogP contribution in [0.2, 0.25) is 0 Å². The molecular formula is C22H24FN3O5S. The van der Waals surface area contributed by atoms with Gasteiger partial charge in [0.2, 0.25) is 5.91 Å². The van der Waals surface area contributed by atoms with E-state index >= 15 is 0 Å². The number of hydrogen-bond acceptors (Lipinski definition) is 6. The molecule has 8 nitrogen and oxygen atoms in total. The van der Waals surface area contributed by atoms with Crippen molar-refractivity contribution in [2.75, 3.05) is 18.5 Å². The lowest BCUT2D eigenvalue weighted by atomic mass is 9.85. The van der Waals surface area contributed by atoms with Gasteiger partial charge in [-0.1, -0.05) is 31.9 Å². The molecule has 0 bridgehead atoms. The SMILES string of the molecule is CCCCC1(c2ccc(F)cc2)NC(=O)N(CC(=O)Nc2sccc2C(=O)OCC)C1=O. The van der Waals surface area contributed by atoms with Gasteiger partial charge in [-0.05, 0) is 42.5 Å². The highest BCUT2D eigenvalue weighted by Gasteiger charge is 2.52. The van der Waals surface area contributed by atoms with Crippen molar-refractivity contribution < 1.29 is 28.3 Å². The first-order valence-corrected chi connectivity index (χ1v) is 11.1. The number of nitrogens with zero attached hydrogens (tertiary/aromatic N) is 1. The fourth-order valence-corrected chi connectivity index (χ4v) is 4.33. The van der Waals surface area contributed by atoms with Gasteiger partial charge in [0.15, 0.2) is 0 Å². The van der Waals surface area contributed by atoms with Crippen LogP contribution in [0.4, 0.5) is 14.2 Å². The highest BCUT2D eigenvalue weighted by atomic mass is 32.1. The van der Waals surface area contributed by atoms with Crippen molar-refractivity contribution in [2.45, 2.75) is 38.6 Å². The smallest absolute Gasteiger partial charge is 0.341 e. The molecule has 2 N–H and O–H groups in total. The van der Waals surface area contributed by atoms with Gasteiger partial charge in [0.1, 0.15) is 22.9 Å². The molecule has 170 valence electrons. The van der Waals surface area contributed by atoms with Gasteiger partial charge in [-0.2, -0.15) is 0 Å². The number of halogens is 1. The first-order chi connectivity index (χ1) is 15.3. The Morgan fingerprint density at radius 1 is 1.19 bits per heavy atom. The van der Waals surface area contributed by atoms with Crippen LogP contribution >= 0.6 is 11.3 Å². The molecule has 4 amide bonds. The molecule has 1 aliphatic rings. The van der Waals surface area contributed by atoms with E-state index in [0.29, 0.717) is 18.4 Å². The number of thiophene rings is 1. The number of carbonyl (C=O) groups excluding carboxylic acids is 4. The maximum Gasteiger partial charge on any atom is 0.341 e. The van der Waals surface area contributed by atoms with Crippen molar-refractivity contribution in [2.24, 2.45) is 0 Å². The van der Waals surface area contributed by atoms with E-state index in [-0.39, 0.29) is 17.2 Å². The van der Waals surface area contributed by atoms with E-state index in [1.165, 1.54) is 30.3 Å². The molecule has 1 aromatic carbocycles. The molecule has 1 aromatic heterocycles. The Bertz CT molecular complexity index is 1020. The maximum absolute atomic E-state index is 13.4. The number of benzene rings is 1. The van der Waals surface area contributed by atoms with Gasteiger partial charge in [-0.3, -0.25) is 14.5 Å². The van der Waals surface area contributed by atoms with E-state index in [1.807, 2.05) is 6.92 Å². The van der Waals surface area contributed by atoms with Crippen molar-refractivity contribution in [3.63, 3.8) is 0 Å². The molecule has 0 radical (unpaired) electrons. The molecule has 3 rings (SSSR count). The molecule has 2 heterocycles. The Balaban J connectivity index is 1.79. The number of ether oxygens (including phenoxy) is 1. The molecule has 0 spiro atoms. The van der Waals surface area contributed by atoms with Crippen molar-refractivity contribution in [1.29, 1.82) is 0 Å². The second-order valence-corrected chi connectivity index (χ2v) is 8.19. The zero-order chi connectivity index (χ0) is 23.3. The van der Waals surface area contributed by atoms with Gasteiger partial charge >= 0.3 is 12.0 Å². The maximum atomic E-state index is 13.4. The number of unbranched alkanes of at least 4 members (excludes halogenated alkanes) is 1. The van der Waals surface area contributed by atoms with E-state index in [4.69, 9.17) is 4.74 Å². The summed E-state index contributed by atoms with van der Waals surface area (Å²) in [4.78, 5) is 51.5. The predicted molar refractivity (Wildman–Crippen MR) is 117 cm³/mol. The van der Waals surface area contributed by atoms with Crippen LogP contribution in [-0.4, -0.2) is 41.9 Å². The average Bonchev–Trinajstić information content (AvgIpc) is 3.31. The second-order valence-electron chi connectivity index (χ2n) is 7.27. The Morgan fingerprint density at radius 2 is 1.91 bits per heavy atom. The van der Waals surface area contributed by atoms with Crippen LogP contribution in [0.1, 0.15) is 49.0 Å². The Morgan fingerprint density at radius 3 is 2.56 bits per heavy atom. The number of anilines is 1. The van der Waals surface area contributed by atoms with Crippen LogP contribution in [0.15, 0.2) is 35.7 Å². The largest absolute Gasteiger partial charge is 0.462 e. The molecule has 2 aromatic rings. The topological polar surface area (TPSA) is 105 Å². The minimum atomic E-state index is -1.36. The summed E-state index contributed by atoms with van der Waals surface area (Å²) < 4.78 is 18.4. The molecule has 1 unspecified atom stereocenters. The zero-order valence-electron chi connectivity index (χ0n) is 17.8. The second kappa shape index (κ2) is 9.90. The van der Waals surface area contributed by atoms with E-state index < -0.39 is 41.7 Å². The van der Waals surface area contributed by atoms with Gasteiger partial charge in [-0.25, -0.2) is 14.0 Å². The highest BCUT2D eigenvalue weighted by molar-refractivity contribution is 7.14. The van der Waals surface area contributed by atoms with Crippen LogP contribution in [0.5, 0.6) is 0 Å². The van der Waals surface area contributed by atoms with Crippen molar-refractivity contribution in [3.8, 4) is 0 Å². The molecular weight excluding hydrogens is 437 g/mol. The third-order valence-electron chi connectivity index (χ3n) is 5.13. The van der Waals surface area contributed by atoms with E-state index in [1.54, 1.807) is 12.3 Å². The van der Waals surface area contributed by atoms with Crippen LogP contribution in [0.3, 0.4) is 0 Å². The van der Waals surface area contributed by atoms with Crippen molar-refractivity contribution in [3.05, 3.63) is 52.7 Å². The third kappa shape index (κ3) is 4.64. The Labute approximate surface area is 188 Å². The first kappa shape index (κ1) is 23.4. The summed E-state index contributed by atoms with van der Waals surface area (Å²) >= 11 is 1.13. The number of esters is 1. The number of urea groups is 1. The van der Waals surface area contributed by atoms with Crippen molar-refractivity contribution >= 4 is 40.2 Å². The summed E-state index contributed by atoms with van der Waals surface area (Å²) in [7, 11) is 0. The number of carbonyl (C=O) groups is 4. The fourth-order valence-electron chi connectivity index (χ4n) is 3.54. The number of hydrogen-bond donors (Lipinski definition) is 2. The predicted octanol–water partition coefficient (Wildman–Crippen LogP) is 3.64. The lowest BCUT2D eigenvalue weighted by molar-refractivity contribution is -0.134. The molecule has 1 saturated heterocycles. The van der Waals surface area contributed by atoms with Crippen LogP contribution in [0, 0.1) is 5.82 Å². The van der Waals surface area contributed by atoms with Crippen LogP contribution in [-0.2, 0) is 19.9 Å². The summed E-state index contributed by atoms with van der Waals surface area (Å²) in [5.74, 6) is -2.24. The minimum absolute atomic E-state index is 0.188. The summed E-state index contributed by atoms with van der Waals surface area (Å²) in [5.41, 5.74) is -0.706. The molecule has 1 aliphatic heterocycles. The zero-order valence-corrected chi connectivity index (χ0v) is 18.6. The van der Waals surface area contributed by atoms with E-state index in [9.17, 15) is 23.6 Å². The summed E-state index contributed by atoms with van der Waals surface area (Å²) in [6.07, 6.45) is 1.73. The molecule has 0 aliphatic carbocycles. The molecule has 0 saturated carbocycles. The molecule has 1 atom stereocenters. The lowest BCUT2D eigenvalue weighted by Gasteiger charge is -2.27. The number of amides is 4. The number of nitrogens with one attached hydrogen (secondary N) is 2. The van der Waals surface area contributed by atoms with E-state index in [2.05, 4.69) is 10.6 Å². The molecule has 1 fully saturated rings. The third-order valence-corrected chi connectivity index (χ3v) is 5.96. The van der Waals surface area contributed by atoms with Gasteiger partial charge in [0, 0.05) is 0 Å². The summed E-state index contributed by atoms with van der Waals surface area (Å²) in [6, 6.07) is 6.20. The van der Waals surface area contributed by atoms with Gasteiger partial charge in [0.25, 0.3) is 5.91 Å². The minimum Gasteiger partial charge on any atom is -0.462 e.